The van der Waals surface area contributed by atoms with Gasteiger partial charge in [0, 0.05) is 13.6 Å². The zero-order valence-corrected chi connectivity index (χ0v) is 14.0. The SMILES string of the molecule is CN(CCCN1CCCC1)C(=O)Cc1ccc(Cl)c(Cl)c1. The largest absolute Gasteiger partial charge is 0.345 e. The smallest absolute Gasteiger partial charge is 0.226 e. The Morgan fingerprint density at radius 1 is 1.24 bits per heavy atom. The number of likely N-dealkylation sites (tertiary alicyclic amines) is 1. The van der Waals surface area contributed by atoms with Crippen LogP contribution in [0.5, 0.6) is 0 Å². The lowest BCUT2D eigenvalue weighted by Gasteiger charge is -2.20. The average molecular weight is 329 g/mol. The molecule has 1 fully saturated rings. The highest BCUT2D eigenvalue weighted by Crippen LogP contribution is 2.23. The Hall–Kier alpha value is -0.770. The first kappa shape index (κ1) is 16.6. The summed E-state index contributed by atoms with van der Waals surface area (Å²) in [5.74, 6) is 0.120. The molecule has 1 aliphatic rings. The predicted molar refractivity (Wildman–Crippen MR) is 88.1 cm³/mol. The zero-order valence-electron chi connectivity index (χ0n) is 12.4. The van der Waals surface area contributed by atoms with Crippen LogP contribution in [0, 0.1) is 0 Å². The summed E-state index contributed by atoms with van der Waals surface area (Å²) in [5.41, 5.74) is 0.904. The van der Waals surface area contributed by atoms with Crippen molar-refractivity contribution in [2.24, 2.45) is 0 Å². The second-order valence-electron chi connectivity index (χ2n) is 5.64. The van der Waals surface area contributed by atoms with E-state index in [9.17, 15) is 4.79 Å². The van der Waals surface area contributed by atoms with Gasteiger partial charge in [-0.15, -0.1) is 0 Å². The van der Waals surface area contributed by atoms with E-state index >= 15 is 0 Å². The summed E-state index contributed by atoms with van der Waals surface area (Å²) in [4.78, 5) is 16.4. The predicted octanol–water partition coefficient (Wildman–Crippen LogP) is 3.48. The molecule has 1 amide bonds. The van der Waals surface area contributed by atoms with Crippen molar-refractivity contribution in [2.45, 2.75) is 25.7 Å². The minimum atomic E-state index is 0.120. The highest BCUT2D eigenvalue weighted by Gasteiger charge is 2.13. The third-order valence-electron chi connectivity index (χ3n) is 3.93. The summed E-state index contributed by atoms with van der Waals surface area (Å²) in [7, 11) is 1.86. The topological polar surface area (TPSA) is 23.6 Å². The molecule has 0 atom stereocenters. The van der Waals surface area contributed by atoms with Crippen molar-refractivity contribution >= 4 is 29.1 Å². The van der Waals surface area contributed by atoms with Gasteiger partial charge in [-0.2, -0.15) is 0 Å². The maximum absolute atomic E-state index is 12.2. The van der Waals surface area contributed by atoms with Crippen LogP contribution in [0.2, 0.25) is 10.0 Å². The summed E-state index contributed by atoms with van der Waals surface area (Å²) in [5, 5.41) is 1.02. The van der Waals surface area contributed by atoms with Gasteiger partial charge in [0.05, 0.1) is 16.5 Å². The molecule has 1 aliphatic heterocycles. The van der Waals surface area contributed by atoms with Gasteiger partial charge in [0.1, 0.15) is 0 Å². The molecule has 1 heterocycles. The van der Waals surface area contributed by atoms with E-state index < -0.39 is 0 Å². The van der Waals surface area contributed by atoms with E-state index in [1.165, 1.54) is 25.9 Å². The Morgan fingerprint density at radius 3 is 2.62 bits per heavy atom. The van der Waals surface area contributed by atoms with Crippen LogP contribution in [0.25, 0.3) is 0 Å². The molecule has 1 aromatic carbocycles. The lowest BCUT2D eigenvalue weighted by Crippen LogP contribution is -2.31. The molecule has 0 aliphatic carbocycles. The van der Waals surface area contributed by atoms with Crippen LogP contribution in [0.15, 0.2) is 18.2 Å². The van der Waals surface area contributed by atoms with Crippen LogP contribution < -0.4 is 0 Å². The number of nitrogens with zero attached hydrogens (tertiary/aromatic N) is 2. The number of amides is 1. The van der Waals surface area contributed by atoms with Crippen molar-refractivity contribution in [1.29, 1.82) is 0 Å². The Bertz CT molecular complexity index is 487. The van der Waals surface area contributed by atoms with E-state index in [4.69, 9.17) is 23.2 Å². The first-order chi connectivity index (χ1) is 10.1. The molecule has 1 aromatic rings. The molecule has 5 heteroatoms. The first-order valence-electron chi connectivity index (χ1n) is 7.46. The molecule has 0 bridgehead atoms. The third-order valence-corrected chi connectivity index (χ3v) is 4.67. The highest BCUT2D eigenvalue weighted by atomic mass is 35.5. The van der Waals surface area contributed by atoms with Crippen molar-refractivity contribution in [3.05, 3.63) is 33.8 Å². The highest BCUT2D eigenvalue weighted by molar-refractivity contribution is 6.42. The molecular formula is C16H22Cl2N2O. The molecule has 1 saturated heterocycles. The number of likely N-dealkylation sites (N-methyl/N-ethyl adjacent to an activating group) is 1. The number of carbonyl (C=O) groups is 1. The summed E-state index contributed by atoms with van der Waals surface area (Å²) >= 11 is 11.8. The minimum Gasteiger partial charge on any atom is -0.345 e. The van der Waals surface area contributed by atoms with Crippen LogP contribution in [-0.4, -0.2) is 48.9 Å². The summed E-state index contributed by atoms with van der Waals surface area (Å²) in [6.45, 7) is 4.31. The quantitative estimate of drug-likeness (QED) is 0.798. The minimum absolute atomic E-state index is 0.120. The maximum Gasteiger partial charge on any atom is 0.226 e. The van der Waals surface area contributed by atoms with Crippen LogP contribution in [0.4, 0.5) is 0 Å². The molecule has 0 unspecified atom stereocenters. The zero-order chi connectivity index (χ0) is 15.2. The van der Waals surface area contributed by atoms with E-state index in [0.29, 0.717) is 16.5 Å². The van der Waals surface area contributed by atoms with E-state index in [2.05, 4.69) is 4.90 Å². The van der Waals surface area contributed by atoms with E-state index in [1.807, 2.05) is 13.1 Å². The maximum atomic E-state index is 12.2. The van der Waals surface area contributed by atoms with Crippen molar-refractivity contribution in [3.8, 4) is 0 Å². The second kappa shape index (κ2) is 8.02. The fourth-order valence-electron chi connectivity index (χ4n) is 2.62. The lowest BCUT2D eigenvalue weighted by molar-refractivity contribution is -0.129. The van der Waals surface area contributed by atoms with Gasteiger partial charge in [-0.1, -0.05) is 29.3 Å². The van der Waals surface area contributed by atoms with Gasteiger partial charge >= 0.3 is 0 Å². The second-order valence-corrected chi connectivity index (χ2v) is 6.46. The number of hydrogen-bond acceptors (Lipinski definition) is 2. The van der Waals surface area contributed by atoms with E-state index in [-0.39, 0.29) is 5.91 Å². The number of benzene rings is 1. The van der Waals surface area contributed by atoms with Crippen molar-refractivity contribution in [2.75, 3.05) is 33.2 Å². The van der Waals surface area contributed by atoms with Crippen LogP contribution in [0.1, 0.15) is 24.8 Å². The fourth-order valence-corrected chi connectivity index (χ4v) is 2.94. The molecule has 0 aromatic heterocycles. The van der Waals surface area contributed by atoms with Crippen LogP contribution >= 0.6 is 23.2 Å². The third kappa shape index (κ3) is 5.17. The monoisotopic (exact) mass is 328 g/mol. The molecule has 116 valence electrons. The summed E-state index contributed by atoms with van der Waals surface area (Å²) in [6.07, 6.45) is 4.03. The Kier molecular flexibility index (Phi) is 6.34. The normalized spacial score (nSPS) is 15.4. The first-order valence-corrected chi connectivity index (χ1v) is 8.22. The van der Waals surface area contributed by atoms with Gasteiger partial charge < -0.3 is 9.80 Å². The van der Waals surface area contributed by atoms with Crippen molar-refractivity contribution < 1.29 is 4.79 Å². The van der Waals surface area contributed by atoms with E-state index in [0.717, 1.165) is 25.1 Å². The molecule has 2 rings (SSSR count). The molecule has 21 heavy (non-hydrogen) atoms. The average Bonchev–Trinajstić information content (AvgIpc) is 2.96. The van der Waals surface area contributed by atoms with Gasteiger partial charge in [-0.3, -0.25) is 4.79 Å². The van der Waals surface area contributed by atoms with Crippen molar-refractivity contribution in [3.63, 3.8) is 0 Å². The molecular weight excluding hydrogens is 307 g/mol. The number of hydrogen-bond donors (Lipinski definition) is 0. The Morgan fingerprint density at radius 2 is 1.95 bits per heavy atom. The standard InChI is InChI=1S/C16H22Cl2N2O/c1-19(7-4-10-20-8-2-3-9-20)16(21)12-13-5-6-14(17)15(18)11-13/h5-6,11H,2-4,7-10,12H2,1H3. The molecule has 0 N–H and O–H groups in total. The molecule has 0 radical (unpaired) electrons. The Balaban J connectivity index is 1.74. The van der Waals surface area contributed by atoms with Gasteiger partial charge in [-0.05, 0) is 56.6 Å². The van der Waals surface area contributed by atoms with Crippen molar-refractivity contribution in [1.82, 2.24) is 9.80 Å². The fraction of sp³-hybridized carbons (Fsp3) is 0.562. The van der Waals surface area contributed by atoms with Crippen LogP contribution in [-0.2, 0) is 11.2 Å². The Labute approximate surface area is 136 Å². The lowest BCUT2D eigenvalue weighted by atomic mass is 10.1. The van der Waals surface area contributed by atoms with Crippen LogP contribution in [0.3, 0.4) is 0 Å². The van der Waals surface area contributed by atoms with E-state index in [1.54, 1.807) is 17.0 Å². The molecule has 0 spiro atoms. The number of rotatable bonds is 6. The van der Waals surface area contributed by atoms with Gasteiger partial charge in [-0.25, -0.2) is 0 Å². The summed E-state index contributed by atoms with van der Waals surface area (Å²) < 4.78 is 0. The number of halogens is 2. The van der Waals surface area contributed by atoms with Gasteiger partial charge in [0.15, 0.2) is 0 Å². The number of carbonyl (C=O) groups excluding carboxylic acids is 1. The van der Waals surface area contributed by atoms with Gasteiger partial charge in [0.2, 0.25) is 5.91 Å². The molecule has 0 saturated carbocycles. The summed E-state index contributed by atoms with van der Waals surface area (Å²) in [6, 6.07) is 5.35. The van der Waals surface area contributed by atoms with Gasteiger partial charge in [0.25, 0.3) is 0 Å². The molecule has 3 nitrogen and oxygen atoms in total.